The van der Waals surface area contributed by atoms with Crippen LogP contribution >= 0.6 is 0 Å². The monoisotopic (exact) mass is 1490 g/mol. The van der Waals surface area contributed by atoms with Crippen molar-refractivity contribution in [3.63, 3.8) is 0 Å². The Kier molecular flexibility index (Phi) is 30.5. The first-order valence-corrected chi connectivity index (χ1v) is 33.4. The van der Waals surface area contributed by atoms with Gasteiger partial charge in [-0.3, -0.25) is 17.5 Å². The van der Waals surface area contributed by atoms with Gasteiger partial charge in [-0.25, -0.2) is 0 Å². The molecule has 22 nitrogen and oxygen atoms in total. The Balaban J connectivity index is 0.00000197. The van der Waals surface area contributed by atoms with Crippen LogP contribution in [-0.4, -0.2) is 47.9 Å². The van der Waals surface area contributed by atoms with E-state index in [2.05, 4.69) is 30.7 Å². The Morgan fingerprint density at radius 2 is 0.760 bits per heavy atom. The predicted molar refractivity (Wildman–Crippen MR) is 340 cm³/mol. The molecule has 0 spiro atoms. The van der Waals surface area contributed by atoms with Gasteiger partial charge in [-0.05, 0) is 109 Å². The maximum atomic E-state index is 15.2. The number of phenolic OH excluding ortho intramolecular Hbond substituents is 1. The van der Waals surface area contributed by atoms with Crippen molar-refractivity contribution in [2.24, 2.45) is 30.7 Å². The van der Waals surface area contributed by atoms with Gasteiger partial charge in [0.1, 0.15) is 55.6 Å². The van der Waals surface area contributed by atoms with Gasteiger partial charge in [0.05, 0.1) is 33.3 Å². The van der Waals surface area contributed by atoms with Crippen LogP contribution in [0.1, 0.15) is 34.5 Å². The van der Waals surface area contributed by atoms with E-state index in [1.165, 1.54) is 66.7 Å². The number of nitrogens with two attached hydrogens (primary N) is 1. The van der Waals surface area contributed by atoms with Crippen molar-refractivity contribution in [3.05, 3.63) is 241 Å². The van der Waals surface area contributed by atoms with Crippen LogP contribution in [-0.2, 0) is 48.8 Å². The number of nitrogens with zero attached hydrogens (tertiary/aromatic N) is 6. The largest absolute Gasteiger partial charge is 1.00 e. The van der Waals surface area contributed by atoms with Crippen molar-refractivity contribution < 1.29 is 302 Å². The molecule has 34 heteroatoms. The number of azo groups is 3. The van der Waals surface area contributed by atoms with Crippen LogP contribution in [0.25, 0.3) is 43.1 Å². The maximum absolute atomic E-state index is 15.2. The maximum Gasteiger partial charge on any atom is 1.00 e. The van der Waals surface area contributed by atoms with Gasteiger partial charge in [0.25, 0.3) is 40.5 Å². The van der Waals surface area contributed by atoms with E-state index in [1.807, 2.05) is 0 Å². The molecule has 12 aromatic rings. The average Bonchev–Trinajstić information content (AvgIpc) is 0.742. The summed E-state index contributed by atoms with van der Waals surface area (Å²) < 4.78 is 155. The van der Waals surface area contributed by atoms with Crippen molar-refractivity contribution in [3.8, 4) is 28.7 Å². The Morgan fingerprint density at radius 3 is 1.24 bits per heavy atom. The first-order chi connectivity index (χ1) is 44.2. The molecular formula is C66H43N7Na8O15S4+8. The molecular weight excluding hydrogens is 1440 g/mol. The van der Waals surface area contributed by atoms with E-state index >= 15 is 8.42 Å². The fraction of sp³-hybridized carbons (Fsp3) is 0.0303. The number of benzene rings is 12. The second-order valence-corrected chi connectivity index (χ2v) is 27.0. The summed E-state index contributed by atoms with van der Waals surface area (Å²) in [6, 6.07) is 56.0. The zero-order valence-corrected chi connectivity index (χ0v) is 74.3. The summed E-state index contributed by atoms with van der Waals surface area (Å²) in [7, 11) is -19.5. The Morgan fingerprint density at radius 1 is 0.350 bits per heavy atom. The van der Waals surface area contributed by atoms with Gasteiger partial charge in [-0.1, -0.05) is 115 Å². The third-order valence-corrected chi connectivity index (χ3v) is 19.8. The number of phenols is 1. The number of fused-ring (bicyclic) bond motifs is 8. The molecule has 0 bridgehead atoms. The molecule has 456 valence electrons. The summed E-state index contributed by atoms with van der Waals surface area (Å²) in [5, 5.41) is 39.1. The van der Waals surface area contributed by atoms with E-state index < -0.39 is 78.8 Å². The van der Waals surface area contributed by atoms with Crippen LogP contribution in [0.4, 0.5) is 39.8 Å². The molecule has 14 rings (SSSR count). The second-order valence-electron chi connectivity index (χ2n) is 21.1. The van der Waals surface area contributed by atoms with Gasteiger partial charge in [0.2, 0.25) is 0 Å². The van der Waals surface area contributed by atoms with E-state index in [0.29, 0.717) is 61.7 Å². The molecule has 0 radical (unpaired) electrons. The molecule has 0 unspecified atom stereocenters. The summed E-state index contributed by atoms with van der Waals surface area (Å²) in [5.74, 6) is 0.849. The summed E-state index contributed by atoms with van der Waals surface area (Å²) >= 11 is 0. The van der Waals surface area contributed by atoms with Crippen LogP contribution in [0.15, 0.2) is 269 Å². The van der Waals surface area contributed by atoms with E-state index in [9.17, 15) is 39.5 Å². The van der Waals surface area contributed by atoms with Gasteiger partial charge in [-0.2, -0.15) is 38.8 Å². The Bertz CT molecular complexity index is 5660. The number of ether oxygens (including phenoxy) is 2. The molecule has 2 aliphatic rings. The third-order valence-electron chi connectivity index (χ3n) is 15.4. The minimum atomic E-state index is -5.02. The summed E-state index contributed by atoms with van der Waals surface area (Å²) in [6.45, 7) is 0. The quantitative estimate of drug-likeness (QED) is 0.0258. The first-order valence-electron chi connectivity index (χ1n) is 27.7. The second kappa shape index (κ2) is 35.4. The molecule has 5 N–H and O–H groups in total. The zero-order valence-electron chi connectivity index (χ0n) is 55.1. The molecule has 0 saturated carbocycles. The fourth-order valence-corrected chi connectivity index (χ4v) is 14.8. The zero-order chi connectivity index (χ0) is 63.8. The first kappa shape index (κ1) is 86.2. The van der Waals surface area contributed by atoms with Crippen molar-refractivity contribution in [1.29, 1.82) is 0 Å². The molecule has 2 aliphatic heterocycles. The molecule has 0 saturated heterocycles. The third kappa shape index (κ3) is 17.6. The topological polar surface area (TPSA) is 334 Å². The molecule has 0 fully saturated rings. The summed E-state index contributed by atoms with van der Waals surface area (Å²) in [5.41, 5.74) is 7.74. The van der Waals surface area contributed by atoms with E-state index in [-0.39, 0.29) is 302 Å². The summed E-state index contributed by atoms with van der Waals surface area (Å²) in [4.78, 5) is -2.17. The number of hydrogen-bond donors (Lipinski definition) is 4. The van der Waals surface area contributed by atoms with Crippen molar-refractivity contribution in [2.45, 2.75) is 31.8 Å². The van der Waals surface area contributed by atoms with Crippen LogP contribution in [0.3, 0.4) is 0 Å². The number of anilines is 1. The van der Waals surface area contributed by atoms with Gasteiger partial charge in [0.15, 0.2) is 5.75 Å². The van der Waals surface area contributed by atoms with Gasteiger partial charge in [0, 0.05) is 65.6 Å². The number of para-hydroxylation sites is 4. The van der Waals surface area contributed by atoms with Crippen LogP contribution < -0.4 is 252 Å². The summed E-state index contributed by atoms with van der Waals surface area (Å²) in [6.07, 6.45) is -2.38. The molecule has 0 amide bonds. The molecule has 12 aromatic carbocycles. The molecule has 2 heterocycles. The number of hydrogen-bond acceptors (Lipinski definition) is 20. The Labute approximate surface area is 750 Å². The van der Waals surface area contributed by atoms with Gasteiger partial charge in [-0.15, -0.1) is 25.6 Å². The van der Waals surface area contributed by atoms with Crippen LogP contribution in [0, 0.1) is 0 Å². The van der Waals surface area contributed by atoms with Gasteiger partial charge < -0.3 is 20.3 Å². The average molecular weight is 1490 g/mol. The van der Waals surface area contributed by atoms with Crippen LogP contribution in [0.5, 0.6) is 28.7 Å². The van der Waals surface area contributed by atoms with Crippen molar-refractivity contribution in [2.75, 3.05) is 5.73 Å². The predicted octanol–water partition coefficient (Wildman–Crippen LogP) is -7.44. The molecule has 0 aromatic heterocycles. The number of rotatable bonds is 14. The normalized spacial score (nSPS) is 12.7. The molecule has 100 heavy (non-hydrogen) atoms. The van der Waals surface area contributed by atoms with E-state index in [4.69, 9.17) is 23.6 Å². The van der Waals surface area contributed by atoms with E-state index in [0.717, 1.165) is 18.2 Å². The SMILES string of the molecule is Nc1ccc2c(O)c(N=Nc3ccc(N=Nc4ccc(N=Nc5cc(S(=O)(=O)OC6c7ccccc7Oc7ccccc76)c6cccc(S(=O)(=O)OC7c8ccccc8Oc8ccccc87)c6c5)c5ccccc45)c4ccc(S(=O)(=O)O)cc34)c(S(=O)(=O)O)cc2c1.[Na+].[Na+].[Na+].[Na+].[Na+].[Na+].[Na+].[Na+]. The molecule has 0 aliphatic carbocycles. The van der Waals surface area contributed by atoms with Crippen molar-refractivity contribution >= 4 is 123 Å². The Hall–Kier alpha value is -2.68. The number of nitrogen functional groups attached to an aromatic ring is 1. The smallest absolute Gasteiger partial charge is 0.505 e. The standard InChI is InChI=1S/C66H43N7O15S4.8Na/c67-38-24-26-41-37(32-38)33-62(90(78,79)80)63(64(41)74)73-72-55-31-30-54(44-27-25-40(36-50(44)55)89(75,76)77)71-70-53-29-28-52(42-12-1-2-13-43(42)53)69-68-39-34-51-45(61(35-39)92(83,84)88-66-48-16-5-9-21-58(48)86-59-22-10-6-17-49(59)66)18-11-23-60(51)91(81,82)87-65-46-14-3-7-19-56(46)85-57-20-8-4-15-47(57)65;;;;;;;;/h1-36,65-66,74H,67H2,(H,75,76,77)(H,78,79,80);;;;;;;;/q;8*+1. The van der Waals surface area contributed by atoms with Gasteiger partial charge >= 0.3 is 236 Å². The molecule has 0 atom stereocenters. The van der Waals surface area contributed by atoms with Crippen molar-refractivity contribution in [1.82, 2.24) is 0 Å². The minimum Gasteiger partial charge on any atom is -0.505 e. The number of aromatic hydroxyl groups is 1. The van der Waals surface area contributed by atoms with Crippen LogP contribution in [0.2, 0.25) is 0 Å². The van der Waals surface area contributed by atoms with E-state index in [1.54, 1.807) is 133 Å². The fourth-order valence-electron chi connectivity index (χ4n) is 11.1. The minimum absolute atomic E-state index is 0.